The Morgan fingerprint density at radius 3 is 2.53 bits per heavy atom. The quantitative estimate of drug-likeness (QED) is 0.401. The third kappa shape index (κ3) is 5.10. The fourth-order valence-electron chi connectivity index (χ4n) is 5.62. The lowest BCUT2D eigenvalue weighted by atomic mass is 9.78. The molecule has 1 fully saturated rings. The molecule has 15 heteroatoms. The summed E-state index contributed by atoms with van der Waals surface area (Å²) >= 11 is 0. The molecule has 2 atom stereocenters. The number of hydrogen-bond acceptors (Lipinski definition) is 9. The molecule has 2 aliphatic heterocycles. The van der Waals surface area contributed by atoms with Crippen molar-refractivity contribution in [3.63, 3.8) is 0 Å². The predicted octanol–water partition coefficient (Wildman–Crippen LogP) is 2.26. The van der Waals surface area contributed by atoms with Gasteiger partial charge in [0.2, 0.25) is 26.0 Å². The second-order valence-electron chi connectivity index (χ2n) is 10.6. The van der Waals surface area contributed by atoms with E-state index in [1.54, 1.807) is 36.4 Å². The Bertz CT molecular complexity index is 1800. The van der Waals surface area contributed by atoms with Crippen LogP contribution in [0.2, 0.25) is 0 Å². The molecule has 5 rings (SSSR count). The number of nitrogens with two attached hydrogens (primary N) is 1. The average molecular weight is 631 g/mol. The molecule has 1 saturated heterocycles. The van der Waals surface area contributed by atoms with Gasteiger partial charge in [-0.2, -0.15) is 4.31 Å². The first-order valence-electron chi connectivity index (χ1n) is 13.2. The summed E-state index contributed by atoms with van der Waals surface area (Å²) in [6.07, 6.45) is 1.20. The largest absolute Gasteiger partial charge is 0.495 e. The molecule has 12 nitrogen and oxygen atoms in total. The van der Waals surface area contributed by atoms with Gasteiger partial charge in [-0.25, -0.2) is 35.5 Å². The number of amides is 1. The Balaban J connectivity index is 1.55. The highest BCUT2D eigenvalue weighted by Crippen LogP contribution is 2.52. The summed E-state index contributed by atoms with van der Waals surface area (Å²) < 4.78 is 75.9. The van der Waals surface area contributed by atoms with Crippen LogP contribution >= 0.6 is 0 Å². The molecule has 3 N–H and O–H groups in total. The molecule has 0 bridgehead atoms. The topological polar surface area (TPSA) is 164 Å². The molecule has 0 radical (unpaired) electrons. The van der Waals surface area contributed by atoms with E-state index < -0.39 is 48.6 Å². The third-order valence-electron chi connectivity index (χ3n) is 8.14. The molecular formula is C28H31FN6O6S2. The number of pyridine rings is 1. The lowest BCUT2D eigenvalue weighted by Crippen LogP contribution is -2.66. The lowest BCUT2D eigenvalue weighted by molar-refractivity contribution is 0.102. The number of sulfonamides is 2. The van der Waals surface area contributed by atoms with E-state index in [9.17, 15) is 21.6 Å². The van der Waals surface area contributed by atoms with E-state index in [2.05, 4.69) is 15.3 Å². The summed E-state index contributed by atoms with van der Waals surface area (Å²) in [5, 5.41) is 2.64. The smallest absolute Gasteiger partial charge is 0.274 e. The van der Waals surface area contributed by atoms with Crippen molar-refractivity contribution in [2.75, 3.05) is 32.6 Å². The number of nitrogens with one attached hydrogen (secondary N) is 1. The normalized spacial score (nSPS) is 23.6. The van der Waals surface area contributed by atoms with Crippen LogP contribution in [0.5, 0.6) is 5.75 Å². The minimum atomic E-state index is -4.38. The highest BCUT2D eigenvalue weighted by atomic mass is 32.2. The predicted molar refractivity (Wildman–Crippen MR) is 159 cm³/mol. The van der Waals surface area contributed by atoms with Crippen molar-refractivity contribution < 1.29 is 30.8 Å². The van der Waals surface area contributed by atoms with Gasteiger partial charge in [0.05, 0.1) is 19.1 Å². The molecule has 2 aliphatic rings. The Morgan fingerprint density at radius 1 is 1.16 bits per heavy atom. The van der Waals surface area contributed by atoms with Crippen molar-refractivity contribution in [1.82, 2.24) is 13.6 Å². The number of nitrogens with zero attached hydrogens (tertiary/aromatic N) is 4. The summed E-state index contributed by atoms with van der Waals surface area (Å²) in [7, 11) is -5.66. The van der Waals surface area contributed by atoms with Gasteiger partial charge in [0.15, 0.2) is 0 Å². The van der Waals surface area contributed by atoms with Gasteiger partial charge in [-0.3, -0.25) is 4.79 Å². The number of benzene rings is 2. The molecule has 2 aromatic carbocycles. The van der Waals surface area contributed by atoms with Gasteiger partial charge in [-0.1, -0.05) is 30.3 Å². The van der Waals surface area contributed by atoms with Gasteiger partial charge in [0, 0.05) is 31.4 Å². The SMILES string of the molecule is COc1ccc(C(=O)Nc2ccc(F)c([C@@]3(C)N=C(N)N(C)S(=O)(=O)[C@]34CCN(S(=O)(=O)Cc3ccccc3)C4)c2)nc1. The van der Waals surface area contributed by atoms with Crippen LogP contribution in [-0.4, -0.2) is 74.3 Å². The zero-order valence-electron chi connectivity index (χ0n) is 23.7. The molecular weight excluding hydrogens is 599 g/mol. The van der Waals surface area contributed by atoms with E-state index >= 15 is 4.39 Å². The number of halogens is 1. The first-order valence-corrected chi connectivity index (χ1v) is 16.3. The van der Waals surface area contributed by atoms with Gasteiger partial charge in [0.25, 0.3) is 5.91 Å². The maximum absolute atomic E-state index is 15.7. The summed E-state index contributed by atoms with van der Waals surface area (Å²) in [6.45, 7) is 0.815. The van der Waals surface area contributed by atoms with Gasteiger partial charge in [-0.15, -0.1) is 0 Å². The number of guanidine groups is 1. The van der Waals surface area contributed by atoms with E-state index in [4.69, 9.17) is 10.5 Å². The molecule has 3 aromatic rings. The van der Waals surface area contributed by atoms with Gasteiger partial charge >= 0.3 is 0 Å². The standard InChI is InChI=1S/C28H31FN6O6S2/c1-27(22-15-20(9-11-23(22)29)32-25(36)24-12-10-21(41-3)16-31-24)28(43(39,40)34(2)26(30)33-27)13-14-35(18-28)42(37,38)17-19-7-5-4-6-8-19/h4-12,15-16H,13-14,17-18H2,1-3H3,(H2,30,33)(H,32,36)/t27-,28+/m1/s1. The number of rotatable bonds is 7. The highest BCUT2D eigenvalue weighted by Gasteiger charge is 2.67. The number of carbonyl (C=O) groups excluding carboxylic acids is 1. The molecule has 0 aliphatic carbocycles. The van der Waals surface area contributed by atoms with Crippen molar-refractivity contribution in [2.45, 2.75) is 29.4 Å². The number of aromatic nitrogens is 1. The summed E-state index contributed by atoms with van der Waals surface area (Å²) in [4.78, 5) is 21.4. The number of hydrogen-bond donors (Lipinski definition) is 2. The molecule has 3 heterocycles. The van der Waals surface area contributed by atoms with Crippen LogP contribution in [-0.2, 0) is 31.3 Å². The van der Waals surface area contributed by atoms with Gasteiger partial charge < -0.3 is 15.8 Å². The number of carbonyl (C=O) groups is 1. The molecule has 1 aromatic heterocycles. The van der Waals surface area contributed by atoms with E-state index in [0.29, 0.717) is 11.3 Å². The van der Waals surface area contributed by atoms with Crippen LogP contribution < -0.4 is 15.8 Å². The Hall–Kier alpha value is -4.08. The minimum absolute atomic E-state index is 0.0635. The number of anilines is 1. The summed E-state index contributed by atoms with van der Waals surface area (Å²) in [6, 6.07) is 15.2. The fraction of sp³-hybridized carbons (Fsp3) is 0.321. The fourth-order valence-corrected chi connectivity index (χ4v) is 9.42. The molecule has 1 spiro atoms. The van der Waals surface area contributed by atoms with Gasteiger partial charge in [-0.05, 0) is 49.2 Å². The minimum Gasteiger partial charge on any atom is -0.495 e. The van der Waals surface area contributed by atoms with E-state index in [1.165, 1.54) is 45.5 Å². The monoisotopic (exact) mass is 630 g/mol. The zero-order valence-corrected chi connectivity index (χ0v) is 25.3. The van der Waals surface area contributed by atoms with Crippen molar-refractivity contribution in [1.29, 1.82) is 0 Å². The Labute approximate surface area is 249 Å². The molecule has 0 saturated carbocycles. The van der Waals surface area contributed by atoms with Gasteiger partial charge in [0.1, 0.15) is 27.5 Å². The van der Waals surface area contributed by atoms with E-state index in [0.717, 1.165) is 14.7 Å². The van der Waals surface area contributed by atoms with Crippen LogP contribution in [0.15, 0.2) is 71.9 Å². The van der Waals surface area contributed by atoms with Crippen LogP contribution in [0, 0.1) is 5.82 Å². The maximum Gasteiger partial charge on any atom is 0.274 e. The van der Waals surface area contributed by atoms with Crippen LogP contribution in [0.4, 0.5) is 10.1 Å². The number of ether oxygens (including phenoxy) is 1. The second-order valence-corrected chi connectivity index (χ2v) is 14.8. The first kappa shape index (κ1) is 30.4. The first-order chi connectivity index (χ1) is 20.2. The van der Waals surface area contributed by atoms with Crippen LogP contribution in [0.3, 0.4) is 0 Å². The van der Waals surface area contributed by atoms with Crippen LogP contribution in [0.1, 0.15) is 35.0 Å². The van der Waals surface area contributed by atoms with Crippen molar-refractivity contribution in [2.24, 2.45) is 10.7 Å². The molecule has 43 heavy (non-hydrogen) atoms. The molecule has 1 amide bonds. The molecule has 228 valence electrons. The summed E-state index contributed by atoms with van der Waals surface area (Å²) in [5.74, 6) is -1.66. The van der Waals surface area contributed by atoms with E-state index in [-0.39, 0.29) is 41.6 Å². The molecule has 0 unspecified atom stereocenters. The van der Waals surface area contributed by atoms with E-state index in [1.807, 2.05) is 0 Å². The Morgan fingerprint density at radius 2 is 1.88 bits per heavy atom. The number of methoxy groups -OCH3 is 1. The van der Waals surface area contributed by atoms with Crippen molar-refractivity contribution >= 4 is 37.6 Å². The Kier molecular flexibility index (Phi) is 7.69. The zero-order chi connectivity index (χ0) is 31.2. The lowest BCUT2D eigenvalue weighted by Gasteiger charge is -2.48. The van der Waals surface area contributed by atoms with Crippen LogP contribution in [0.25, 0.3) is 0 Å². The average Bonchev–Trinajstić information content (AvgIpc) is 3.46. The van der Waals surface area contributed by atoms with Crippen molar-refractivity contribution in [3.8, 4) is 5.75 Å². The number of aliphatic imine (C=N–C) groups is 1. The highest BCUT2D eigenvalue weighted by molar-refractivity contribution is 7.91. The van der Waals surface area contributed by atoms with Crippen molar-refractivity contribution in [3.05, 3.63) is 89.5 Å². The summed E-state index contributed by atoms with van der Waals surface area (Å²) in [5.41, 5.74) is 4.77. The second kappa shape index (κ2) is 10.9. The maximum atomic E-state index is 15.7. The third-order valence-corrected chi connectivity index (χ3v) is 12.6.